The van der Waals surface area contributed by atoms with Crippen molar-refractivity contribution >= 4 is 6.21 Å². The van der Waals surface area contributed by atoms with E-state index in [2.05, 4.69) is 48.5 Å². The van der Waals surface area contributed by atoms with E-state index in [1.54, 1.807) is 6.21 Å². The Morgan fingerprint density at radius 3 is 2.27 bits per heavy atom. The van der Waals surface area contributed by atoms with Crippen LogP contribution in [0.25, 0.3) is 0 Å². The Morgan fingerprint density at radius 1 is 1.00 bits per heavy atom. The summed E-state index contributed by atoms with van der Waals surface area (Å²) in [6, 6.07) is 10.3. The first kappa shape index (κ1) is 18.2. The number of unbranched alkanes of at least 4 members (excludes halogenated alkanes) is 1. The molecule has 3 heteroatoms. The molecule has 0 aromatic heterocycles. The quantitative estimate of drug-likeness (QED) is 0.213. The number of benzene rings is 1. The lowest BCUT2D eigenvalue weighted by Crippen LogP contribution is -2.08. The Balaban J connectivity index is 2.11. The second kappa shape index (κ2) is 11.8. The molecule has 0 spiro atoms. The maximum absolute atomic E-state index is 8.35. The summed E-state index contributed by atoms with van der Waals surface area (Å²) in [5.41, 5.74) is 7.32. The van der Waals surface area contributed by atoms with Gasteiger partial charge >= 0.3 is 0 Å². The summed E-state index contributed by atoms with van der Waals surface area (Å²) in [4.78, 5) is 0. The van der Waals surface area contributed by atoms with Crippen LogP contribution in [0.1, 0.15) is 50.6 Å². The lowest BCUT2D eigenvalue weighted by Gasteiger charge is -2.08. The minimum Gasteiger partial charge on any atom is -0.411 e. The van der Waals surface area contributed by atoms with Crippen molar-refractivity contribution in [3.63, 3.8) is 0 Å². The zero-order chi connectivity index (χ0) is 16.0. The van der Waals surface area contributed by atoms with Gasteiger partial charge in [-0.2, -0.15) is 0 Å². The average molecular weight is 300 g/mol. The number of hydrogen-bond acceptors (Lipinski definition) is 3. The summed E-state index contributed by atoms with van der Waals surface area (Å²) in [6.07, 6.45) is 15.2. The van der Waals surface area contributed by atoms with Crippen LogP contribution in [-0.2, 0) is 0 Å². The molecule has 120 valence electrons. The Labute approximate surface area is 134 Å². The average Bonchev–Trinajstić information content (AvgIpc) is 2.55. The minimum absolute atomic E-state index is 0.0852. The molecule has 0 aliphatic carbocycles. The molecule has 0 saturated heterocycles. The van der Waals surface area contributed by atoms with E-state index in [1.807, 2.05) is 18.2 Å². The van der Waals surface area contributed by atoms with E-state index in [9.17, 15) is 0 Å². The molecule has 2 atom stereocenters. The molecule has 1 rings (SSSR count). The molecular weight excluding hydrogens is 272 g/mol. The molecule has 3 N–H and O–H groups in total. The lowest BCUT2D eigenvalue weighted by atomic mass is 10.0. The van der Waals surface area contributed by atoms with E-state index >= 15 is 0 Å². The van der Waals surface area contributed by atoms with Crippen molar-refractivity contribution in [1.82, 2.24) is 0 Å². The zero-order valence-electron chi connectivity index (χ0n) is 13.4. The molecule has 1 aromatic carbocycles. The second-order valence-electron chi connectivity index (χ2n) is 5.65. The molecule has 0 radical (unpaired) electrons. The highest BCUT2D eigenvalue weighted by Crippen LogP contribution is 2.14. The zero-order valence-corrected chi connectivity index (χ0v) is 13.4. The van der Waals surface area contributed by atoms with Crippen LogP contribution >= 0.6 is 0 Å². The molecule has 0 saturated carbocycles. The molecule has 0 heterocycles. The summed E-state index contributed by atoms with van der Waals surface area (Å²) in [5, 5.41) is 11.4. The van der Waals surface area contributed by atoms with E-state index in [-0.39, 0.29) is 6.04 Å². The van der Waals surface area contributed by atoms with E-state index in [1.165, 1.54) is 5.56 Å². The van der Waals surface area contributed by atoms with Crippen LogP contribution in [-0.4, -0.2) is 11.4 Å². The molecule has 3 nitrogen and oxygen atoms in total. The van der Waals surface area contributed by atoms with Gasteiger partial charge in [-0.1, -0.05) is 61.6 Å². The predicted octanol–water partition coefficient (Wildman–Crippen LogP) is 4.85. The van der Waals surface area contributed by atoms with E-state index in [0.29, 0.717) is 5.92 Å². The minimum atomic E-state index is 0.0852. The van der Waals surface area contributed by atoms with Gasteiger partial charge in [0.1, 0.15) is 0 Å². The molecule has 0 aliphatic heterocycles. The maximum atomic E-state index is 8.35. The molecule has 2 unspecified atom stereocenters. The maximum Gasteiger partial charge on any atom is 0.0438 e. The SMILES string of the molecule is CC(CC=CCCC=CCC(N)c1ccccc1)CC=NO. The van der Waals surface area contributed by atoms with Gasteiger partial charge in [0.25, 0.3) is 0 Å². The molecule has 0 fully saturated rings. The number of hydrogen-bond donors (Lipinski definition) is 2. The van der Waals surface area contributed by atoms with Gasteiger partial charge in [0.2, 0.25) is 0 Å². The van der Waals surface area contributed by atoms with Gasteiger partial charge in [0, 0.05) is 12.3 Å². The first-order chi connectivity index (χ1) is 10.7. The van der Waals surface area contributed by atoms with Crippen LogP contribution in [0.3, 0.4) is 0 Å². The van der Waals surface area contributed by atoms with Gasteiger partial charge in [-0.25, -0.2) is 0 Å². The van der Waals surface area contributed by atoms with Crippen molar-refractivity contribution in [1.29, 1.82) is 0 Å². The third-order valence-electron chi connectivity index (χ3n) is 3.58. The lowest BCUT2D eigenvalue weighted by molar-refractivity contribution is 0.319. The first-order valence-corrected chi connectivity index (χ1v) is 8.00. The Bertz CT molecular complexity index is 466. The summed E-state index contributed by atoms with van der Waals surface area (Å²) in [5.74, 6) is 0.520. The smallest absolute Gasteiger partial charge is 0.0438 e. The molecule has 0 bridgehead atoms. The standard InChI is InChI=1S/C19H28N2O/c1-17(15-16-21-22)11-7-4-2-3-5-10-14-19(20)18-12-8-6-9-13-18/h4-10,12-13,16-17,19,22H,2-3,11,14-15,20H2,1H3. The normalized spacial score (nSPS) is 15.0. The van der Waals surface area contributed by atoms with Crippen molar-refractivity contribution in [2.24, 2.45) is 16.8 Å². The van der Waals surface area contributed by atoms with Crippen molar-refractivity contribution in [3.05, 3.63) is 60.2 Å². The fourth-order valence-corrected chi connectivity index (χ4v) is 2.16. The Kier molecular flexibility index (Phi) is 9.71. The topological polar surface area (TPSA) is 58.6 Å². The number of rotatable bonds is 10. The van der Waals surface area contributed by atoms with E-state index in [4.69, 9.17) is 10.9 Å². The summed E-state index contributed by atoms with van der Waals surface area (Å²) in [7, 11) is 0. The molecule has 0 aliphatic rings. The highest BCUT2D eigenvalue weighted by atomic mass is 16.4. The number of nitrogens with two attached hydrogens (primary N) is 1. The predicted molar refractivity (Wildman–Crippen MR) is 94.2 cm³/mol. The van der Waals surface area contributed by atoms with Crippen LogP contribution in [0.2, 0.25) is 0 Å². The van der Waals surface area contributed by atoms with Gasteiger partial charge < -0.3 is 10.9 Å². The van der Waals surface area contributed by atoms with Crippen molar-refractivity contribution in [2.45, 2.75) is 45.1 Å². The van der Waals surface area contributed by atoms with Gasteiger partial charge in [-0.15, -0.1) is 5.16 Å². The fourth-order valence-electron chi connectivity index (χ4n) is 2.16. The van der Waals surface area contributed by atoms with Crippen LogP contribution in [0.5, 0.6) is 0 Å². The van der Waals surface area contributed by atoms with E-state index in [0.717, 1.165) is 32.1 Å². The van der Waals surface area contributed by atoms with Crippen molar-refractivity contribution in [2.75, 3.05) is 0 Å². The van der Waals surface area contributed by atoms with Gasteiger partial charge in [0.05, 0.1) is 0 Å². The van der Waals surface area contributed by atoms with Crippen molar-refractivity contribution in [3.8, 4) is 0 Å². The second-order valence-corrected chi connectivity index (χ2v) is 5.65. The van der Waals surface area contributed by atoms with Gasteiger partial charge in [-0.3, -0.25) is 0 Å². The van der Waals surface area contributed by atoms with Crippen molar-refractivity contribution < 1.29 is 5.21 Å². The monoisotopic (exact) mass is 300 g/mol. The number of nitrogens with zero attached hydrogens (tertiary/aromatic N) is 1. The number of oxime groups is 1. The highest BCUT2D eigenvalue weighted by molar-refractivity contribution is 5.56. The largest absolute Gasteiger partial charge is 0.411 e. The summed E-state index contributed by atoms with van der Waals surface area (Å²) in [6.45, 7) is 2.15. The van der Waals surface area contributed by atoms with Gasteiger partial charge in [-0.05, 0) is 43.6 Å². The van der Waals surface area contributed by atoms with Crippen LogP contribution in [0.15, 0.2) is 59.8 Å². The summed E-state index contributed by atoms with van der Waals surface area (Å²) >= 11 is 0. The van der Waals surface area contributed by atoms with Crippen LogP contribution in [0, 0.1) is 5.92 Å². The fraction of sp³-hybridized carbons (Fsp3) is 0.421. The van der Waals surface area contributed by atoms with E-state index < -0.39 is 0 Å². The highest BCUT2D eigenvalue weighted by Gasteiger charge is 2.01. The van der Waals surface area contributed by atoms with Crippen LogP contribution in [0.4, 0.5) is 0 Å². The molecule has 22 heavy (non-hydrogen) atoms. The first-order valence-electron chi connectivity index (χ1n) is 8.00. The molecular formula is C19H28N2O. The Hall–Kier alpha value is -1.87. The number of allylic oxidation sites excluding steroid dienone is 3. The Morgan fingerprint density at radius 2 is 1.64 bits per heavy atom. The van der Waals surface area contributed by atoms with Crippen LogP contribution < -0.4 is 5.73 Å². The third kappa shape index (κ3) is 8.42. The molecule has 0 amide bonds. The molecule has 1 aromatic rings. The summed E-state index contributed by atoms with van der Waals surface area (Å²) < 4.78 is 0. The van der Waals surface area contributed by atoms with Gasteiger partial charge in [0.15, 0.2) is 0 Å². The third-order valence-corrected chi connectivity index (χ3v) is 3.58.